The third kappa shape index (κ3) is 2.94. The first-order valence-corrected chi connectivity index (χ1v) is 6.14. The normalized spacial score (nSPS) is 32.9. The van der Waals surface area contributed by atoms with E-state index < -0.39 is 0 Å². The van der Waals surface area contributed by atoms with Gasteiger partial charge in [-0.05, 0) is 38.5 Å². The summed E-state index contributed by atoms with van der Waals surface area (Å²) in [4.78, 5) is 11.7. The van der Waals surface area contributed by atoms with E-state index in [1.807, 2.05) is 0 Å². The third-order valence-electron chi connectivity index (χ3n) is 3.62. The van der Waals surface area contributed by atoms with Gasteiger partial charge in [-0.15, -0.1) is 0 Å². The Labute approximate surface area is 90.8 Å². The van der Waals surface area contributed by atoms with Crippen LogP contribution in [0.25, 0.3) is 0 Å². The highest BCUT2D eigenvalue weighted by molar-refractivity contribution is 5.72. The molecule has 0 aliphatic heterocycles. The zero-order valence-corrected chi connectivity index (χ0v) is 9.15. The molecule has 3 heteroatoms. The van der Waals surface area contributed by atoms with Crippen molar-refractivity contribution in [3.05, 3.63) is 0 Å². The second-order valence-electron chi connectivity index (χ2n) is 4.85. The summed E-state index contributed by atoms with van der Waals surface area (Å²) >= 11 is 0. The Balaban J connectivity index is 1.74. The highest BCUT2D eigenvalue weighted by Crippen LogP contribution is 2.28. The lowest BCUT2D eigenvalue weighted by atomic mass is 9.95. The molecule has 0 atom stereocenters. The molecule has 0 spiro atoms. The zero-order valence-electron chi connectivity index (χ0n) is 9.15. The average Bonchev–Trinajstić information content (AvgIpc) is 2.74. The van der Waals surface area contributed by atoms with E-state index in [2.05, 4.69) is 0 Å². The molecule has 2 aliphatic carbocycles. The molecule has 1 N–H and O–H groups in total. The number of esters is 1. The summed E-state index contributed by atoms with van der Waals surface area (Å²) in [6.45, 7) is 0. The molecule has 0 heterocycles. The van der Waals surface area contributed by atoms with Gasteiger partial charge in [0.05, 0.1) is 12.0 Å². The van der Waals surface area contributed by atoms with Gasteiger partial charge >= 0.3 is 5.97 Å². The van der Waals surface area contributed by atoms with Crippen LogP contribution in [0.15, 0.2) is 0 Å². The van der Waals surface area contributed by atoms with Crippen LogP contribution in [0.3, 0.4) is 0 Å². The summed E-state index contributed by atoms with van der Waals surface area (Å²) in [5.41, 5.74) is 0. The summed E-state index contributed by atoms with van der Waals surface area (Å²) in [6, 6.07) is 0. The van der Waals surface area contributed by atoms with Gasteiger partial charge in [-0.2, -0.15) is 0 Å². The number of hydrogen-bond donors (Lipinski definition) is 1. The highest BCUT2D eigenvalue weighted by atomic mass is 16.5. The first-order valence-electron chi connectivity index (χ1n) is 6.14. The first-order chi connectivity index (χ1) is 7.25. The van der Waals surface area contributed by atoms with E-state index in [1.54, 1.807) is 0 Å². The van der Waals surface area contributed by atoms with Gasteiger partial charge in [0.1, 0.15) is 6.10 Å². The number of hydrogen-bond acceptors (Lipinski definition) is 3. The SMILES string of the molecule is O=C(OC1CCC(O)CC1)C1CCCC1. The van der Waals surface area contributed by atoms with E-state index in [4.69, 9.17) is 4.74 Å². The van der Waals surface area contributed by atoms with Gasteiger partial charge in [-0.25, -0.2) is 0 Å². The van der Waals surface area contributed by atoms with Crippen molar-refractivity contribution >= 4 is 5.97 Å². The minimum absolute atomic E-state index is 0.00823. The maximum Gasteiger partial charge on any atom is 0.309 e. The van der Waals surface area contributed by atoms with Crippen LogP contribution in [0.5, 0.6) is 0 Å². The number of rotatable bonds is 2. The lowest BCUT2D eigenvalue weighted by Gasteiger charge is -2.26. The molecule has 0 aromatic rings. The largest absolute Gasteiger partial charge is 0.462 e. The Hall–Kier alpha value is -0.570. The van der Waals surface area contributed by atoms with Crippen molar-refractivity contribution in [3.8, 4) is 0 Å². The van der Waals surface area contributed by atoms with Crippen LogP contribution in [0.4, 0.5) is 0 Å². The summed E-state index contributed by atoms with van der Waals surface area (Å²) in [5.74, 6) is 0.172. The quantitative estimate of drug-likeness (QED) is 0.712. The van der Waals surface area contributed by atoms with Crippen LogP contribution >= 0.6 is 0 Å². The standard InChI is InChI=1S/C12H20O3/c13-10-5-7-11(8-6-10)15-12(14)9-3-1-2-4-9/h9-11,13H,1-8H2. The fourth-order valence-corrected chi connectivity index (χ4v) is 2.59. The van der Waals surface area contributed by atoms with Crippen LogP contribution in [-0.4, -0.2) is 23.3 Å². The molecule has 15 heavy (non-hydrogen) atoms. The lowest BCUT2D eigenvalue weighted by molar-refractivity contribution is -0.156. The molecule has 0 unspecified atom stereocenters. The molecule has 0 aromatic heterocycles. The highest BCUT2D eigenvalue weighted by Gasteiger charge is 2.28. The molecule has 3 nitrogen and oxygen atoms in total. The van der Waals surface area contributed by atoms with Crippen LogP contribution in [0.1, 0.15) is 51.4 Å². The second-order valence-corrected chi connectivity index (χ2v) is 4.85. The van der Waals surface area contributed by atoms with Gasteiger partial charge in [0, 0.05) is 0 Å². The molecule has 0 bridgehead atoms. The van der Waals surface area contributed by atoms with Gasteiger partial charge in [0.25, 0.3) is 0 Å². The van der Waals surface area contributed by atoms with Crippen molar-refractivity contribution in [2.45, 2.75) is 63.6 Å². The summed E-state index contributed by atoms with van der Waals surface area (Å²) in [7, 11) is 0. The van der Waals surface area contributed by atoms with Crippen molar-refractivity contribution in [3.63, 3.8) is 0 Å². The summed E-state index contributed by atoms with van der Waals surface area (Å²) in [5, 5.41) is 9.33. The topological polar surface area (TPSA) is 46.5 Å². The fraction of sp³-hybridized carbons (Fsp3) is 0.917. The van der Waals surface area contributed by atoms with Gasteiger partial charge < -0.3 is 9.84 Å². The predicted molar refractivity (Wildman–Crippen MR) is 56.3 cm³/mol. The minimum Gasteiger partial charge on any atom is -0.462 e. The maximum atomic E-state index is 11.7. The molecular formula is C12H20O3. The molecule has 2 rings (SSSR count). The third-order valence-corrected chi connectivity index (χ3v) is 3.62. The van der Waals surface area contributed by atoms with Gasteiger partial charge in [0.15, 0.2) is 0 Å². The number of carbonyl (C=O) groups is 1. The second kappa shape index (κ2) is 4.97. The van der Waals surface area contributed by atoms with Gasteiger partial charge in [0.2, 0.25) is 0 Å². The Kier molecular flexibility index (Phi) is 3.62. The van der Waals surface area contributed by atoms with E-state index in [9.17, 15) is 9.90 Å². The Morgan fingerprint density at radius 2 is 1.60 bits per heavy atom. The monoisotopic (exact) mass is 212 g/mol. The van der Waals surface area contributed by atoms with Crippen LogP contribution in [0.2, 0.25) is 0 Å². The first kappa shape index (κ1) is 10.9. The van der Waals surface area contributed by atoms with Crippen molar-refractivity contribution in [1.29, 1.82) is 0 Å². The molecule has 0 amide bonds. The molecule has 2 saturated carbocycles. The van der Waals surface area contributed by atoms with Crippen molar-refractivity contribution < 1.29 is 14.6 Å². The smallest absolute Gasteiger partial charge is 0.309 e. The van der Waals surface area contributed by atoms with Crippen LogP contribution in [0, 0.1) is 5.92 Å². The molecule has 86 valence electrons. The fourth-order valence-electron chi connectivity index (χ4n) is 2.59. The van der Waals surface area contributed by atoms with Crippen molar-refractivity contribution in [1.82, 2.24) is 0 Å². The van der Waals surface area contributed by atoms with E-state index in [1.165, 1.54) is 12.8 Å². The van der Waals surface area contributed by atoms with Crippen molar-refractivity contribution in [2.75, 3.05) is 0 Å². The summed E-state index contributed by atoms with van der Waals surface area (Å²) < 4.78 is 5.47. The molecule has 2 fully saturated rings. The van der Waals surface area contributed by atoms with Crippen LogP contribution < -0.4 is 0 Å². The number of aliphatic hydroxyl groups excluding tert-OH is 1. The lowest BCUT2D eigenvalue weighted by Crippen LogP contribution is -2.28. The average molecular weight is 212 g/mol. The summed E-state index contributed by atoms with van der Waals surface area (Å²) in [6.07, 6.45) is 7.48. The minimum atomic E-state index is -0.175. The van der Waals surface area contributed by atoms with E-state index in [0.717, 1.165) is 38.5 Å². The molecular weight excluding hydrogens is 192 g/mol. The molecule has 0 saturated heterocycles. The van der Waals surface area contributed by atoms with Gasteiger partial charge in [-0.1, -0.05) is 12.8 Å². The zero-order chi connectivity index (χ0) is 10.7. The van der Waals surface area contributed by atoms with Crippen LogP contribution in [-0.2, 0) is 9.53 Å². The predicted octanol–water partition coefficient (Wildman–Crippen LogP) is 2.02. The van der Waals surface area contributed by atoms with Gasteiger partial charge in [-0.3, -0.25) is 4.79 Å². The number of aliphatic hydroxyl groups is 1. The Morgan fingerprint density at radius 3 is 2.20 bits per heavy atom. The molecule has 0 radical (unpaired) electrons. The number of ether oxygens (including phenoxy) is 1. The Bertz CT molecular complexity index is 213. The molecule has 0 aromatic carbocycles. The van der Waals surface area contributed by atoms with E-state index in [-0.39, 0.29) is 24.1 Å². The van der Waals surface area contributed by atoms with E-state index in [0.29, 0.717) is 0 Å². The molecule has 2 aliphatic rings. The number of carbonyl (C=O) groups excluding carboxylic acids is 1. The Morgan fingerprint density at radius 1 is 1.00 bits per heavy atom. The van der Waals surface area contributed by atoms with E-state index >= 15 is 0 Å². The van der Waals surface area contributed by atoms with Crippen molar-refractivity contribution in [2.24, 2.45) is 5.92 Å². The maximum absolute atomic E-state index is 11.7.